The first-order chi connectivity index (χ1) is 23.8. The van der Waals surface area contributed by atoms with Crippen molar-refractivity contribution in [3.63, 3.8) is 0 Å². The number of rotatable bonds is 3. The predicted octanol–water partition coefficient (Wildman–Crippen LogP) is 11.6. The third-order valence-electron chi connectivity index (χ3n) is 11.4. The van der Waals surface area contributed by atoms with Crippen LogP contribution in [0.3, 0.4) is 0 Å². The van der Waals surface area contributed by atoms with Crippen LogP contribution in [0.25, 0.3) is 87.6 Å². The normalized spacial score (nSPS) is 15.9. The Kier molecular flexibility index (Phi) is 5.96. The highest BCUT2D eigenvalue weighted by Gasteiger charge is 2.52. The molecular weight excluding hydrogens is 595 g/mol. The minimum Gasteiger partial charge on any atom is -0.399 e. The molecule has 0 unspecified atom stereocenters. The Hall–Kier alpha value is -5.22. The van der Waals surface area contributed by atoms with Crippen LogP contribution in [0.2, 0.25) is 0 Å². The summed E-state index contributed by atoms with van der Waals surface area (Å²) in [7, 11) is -0.459. The van der Waals surface area contributed by atoms with Crippen molar-refractivity contribution in [3.8, 4) is 44.5 Å². The highest BCUT2D eigenvalue weighted by molar-refractivity contribution is 6.66. The van der Waals surface area contributed by atoms with Crippen molar-refractivity contribution in [2.75, 3.05) is 0 Å². The van der Waals surface area contributed by atoms with Crippen molar-refractivity contribution in [2.24, 2.45) is 0 Å². The second kappa shape index (κ2) is 10.2. The average Bonchev–Trinajstić information content (AvgIpc) is 3.56. The summed E-state index contributed by atoms with van der Waals surface area (Å²) in [6, 6.07) is 51.3. The van der Waals surface area contributed by atoms with Crippen LogP contribution in [0.1, 0.15) is 27.7 Å². The van der Waals surface area contributed by atoms with Crippen LogP contribution in [0, 0.1) is 0 Å². The zero-order chi connectivity index (χ0) is 33.1. The molecule has 49 heavy (non-hydrogen) atoms. The van der Waals surface area contributed by atoms with Gasteiger partial charge in [0.15, 0.2) is 0 Å². The summed E-state index contributed by atoms with van der Waals surface area (Å²) < 4.78 is 13.4. The summed E-state index contributed by atoms with van der Waals surface area (Å²) in [6.45, 7) is 8.51. The standard InChI is InChI=1S/C46H35BO2/c1-45(2)46(3,4)49-47(48-45)39-27-37-34-24-15-25-35-42(34)38(26-36(37)30-20-11-12-21-31(30)39)44-41(29-18-9-6-10-19-29)33-23-14-13-22-32(33)40(43(35)44)28-16-7-5-8-17-28/h5-27H,1-4H3. The lowest BCUT2D eigenvalue weighted by Gasteiger charge is -2.32. The smallest absolute Gasteiger partial charge is 0.399 e. The van der Waals surface area contributed by atoms with Gasteiger partial charge in [0, 0.05) is 0 Å². The largest absolute Gasteiger partial charge is 0.495 e. The third-order valence-corrected chi connectivity index (χ3v) is 11.4. The second-order valence-corrected chi connectivity index (χ2v) is 14.6. The number of fused-ring (bicyclic) bond motifs is 8. The van der Waals surface area contributed by atoms with Crippen LogP contribution in [0.15, 0.2) is 140 Å². The van der Waals surface area contributed by atoms with Gasteiger partial charge in [-0.25, -0.2) is 0 Å². The van der Waals surface area contributed by atoms with Gasteiger partial charge < -0.3 is 9.31 Å². The van der Waals surface area contributed by atoms with Crippen LogP contribution >= 0.6 is 0 Å². The van der Waals surface area contributed by atoms with Crippen molar-refractivity contribution in [3.05, 3.63) is 140 Å². The van der Waals surface area contributed by atoms with Crippen molar-refractivity contribution in [1.82, 2.24) is 0 Å². The quantitative estimate of drug-likeness (QED) is 0.143. The van der Waals surface area contributed by atoms with E-state index in [-0.39, 0.29) is 0 Å². The monoisotopic (exact) mass is 630 g/mol. The fourth-order valence-corrected chi connectivity index (χ4v) is 8.44. The van der Waals surface area contributed by atoms with Crippen LogP contribution in [-0.2, 0) is 9.31 Å². The Morgan fingerprint density at radius 1 is 0.388 bits per heavy atom. The van der Waals surface area contributed by atoms with Crippen LogP contribution < -0.4 is 5.46 Å². The second-order valence-electron chi connectivity index (χ2n) is 14.6. The van der Waals surface area contributed by atoms with Gasteiger partial charge in [-0.05, 0) is 127 Å². The van der Waals surface area contributed by atoms with Gasteiger partial charge in [0.1, 0.15) is 0 Å². The molecule has 10 rings (SSSR count). The fourth-order valence-electron chi connectivity index (χ4n) is 8.44. The lowest BCUT2D eigenvalue weighted by Crippen LogP contribution is -2.41. The molecule has 0 atom stereocenters. The summed E-state index contributed by atoms with van der Waals surface area (Å²) in [5, 5.41) is 9.97. The molecular formula is C46H35BO2. The van der Waals surface area contributed by atoms with E-state index in [0.29, 0.717) is 0 Å². The van der Waals surface area contributed by atoms with Crippen molar-refractivity contribution in [1.29, 1.82) is 0 Å². The molecule has 0 N–H and O–H groups in total. The molecule has 234 valence electrons. The van der Waals surface area contributed by atoms with E-state index in [2.05, 4.69) is 167 Å². The summed E-state index contributed by atoms with van der Waals surface area (Å²) in [5.41, 5.74) is 10.5. The number of hydrogen-bond donors (Lipinski definition) is 0. The van der Waals surface area contributed by atoms with Gasteiger partial charge >= 0.3 is 7.12 Å². The molecule has 0 aromatic heterocycles. The summed E-state index contributed by atoms with van der Waals surface area (Å²) in [4.78, 5) is 0. The highest BCUT2D eigenvalue weighted by Crippen LogP contribution is 2.58. The minimum absolute atomic E-state index is 0.429. The van der Waals surface area contributed by atoms with Gasteiger partial charge in [-0.3, -0.25) is 0 Å². The Balaban J connectivity index is 1.38. The molecule has 0 bridgehead atoms. The first-order valence-electron chi connectivity index (χ1n) is 17.3. The Morgan fingerprint density at radius 3 is 1.45 bits per heavy atom. The average molecular weight is 631 g/mol. The van der Waals surface area contributed by atoms with E-state index < -0.39 is 18.3 Å². The van der Waals surface area contributed by atoms with Gasteiger partial charge in [0.05, 0.1) is 11.2 Å². The van der Waals surface area contributed by atoms with E-state index in [1.807, 2.05) is 0 Å². The maximum Gasteiger partial charge on any atom is 0.495 e. The zero-order valence-electron chi connectivity index (χ0n) is 28.2. The maximum atomic E-state index is 6.68. The van der Waals surface area contributed by atoms with Gasteiger partial charge in [-0.15, -0.1) is 0 Å². The van der Waals surface area contributed by atoms with Gasteiger partial charge in [-0.1, -0.05) is 133 Å². The minimum atomic E-state index is -0.459. The Labute approximate surface area is 287 Å². The lowest BCUT2D eigenvalue weighted by molar-refractivity contribution is 0.00578. The molecule has 1 aliphatic heterocycles. The van der Waals surface area contributed by atoms with Crippen LogP contribution in [0.5, 0.6) is 0 Å². The van der Waals surface area contributed by atoms with E-state index in [1.54, 1.807) is 0 Å². The lowest BCUT2D eigenvalue weighted by atomic mass is 9.74. The molecule has 8 aromatic carbocycles. The van der Waals surface area contributed by atoms with E-state index in [0.717, 1.165) is 5.46 Å². The molecule has 2 aliphatic rings. The van der Waals surface area contributed by atoms with E-state index in [1.165, 1.54) is 87.6 Å². The molecule has 3 heteroatoms. The molecule has 0 amide bonds. The van der Waals surface area contributed by atoms with Crippen LogP contribution in [-0.4, -0.2) is 18.3 Å². The van der Waals surface area contributed by atoms with Crippen LogP contribution in [0.4, 0.5) is 0 Å². The molecule has 0 radical (unpaired) electrons. The van der Waals surface area contributed by atoms with Gasteiger partial charge in [-0.2, -0.15) is 0 Å². The zero-order valence-corrected chi connectivity index (χ0v) is 28.2. The van der Waals surface area contributed by atoms with Crippen molar-refractivity contribution in [2.45, 2.75) is 38.9 Å². The molecule has 1 saturated heterocycles. The maximum absolute atomic E-state index is 6.68. The molecule has 1 fully saturated rings. The number of benzene rings is 8. The van der Waals surface area contributed by atoms with E-state index >= 15 is 0 Å². The molecule has 1 heterocycles. The summed E-state index contributed by atoms with van der Waals surface area (Å²) in [6.07, 6.45) is 0. The molecule has 2 nitrogen and oxygen atoms in total. The van der Waals surface area contributed by atoms with Gasteiger partial charge in [0.25, 0.3) is 0 Å². The third kappa shape index (κ3) is 3.98. The molecule has 0 saturated carbocycles. The number of hydrogen-bond acceptors (Lipinski definition) is 2. The van der Waals surface area contributed by atoms with E-state index in [9.17, 15) is 0 Å². The summed E-state index contributed by atoms with van der Waals surface area (Å²) >= 11 is 0. The fraction of sp³-hybridized carbons (Fsp3) is 0.130. The first-order valence-corrected chi connectivity index (χ1v) is 17.3. The van der Waals surface area contributed by atoms with Gasteiger partial charge in [0.2, 0.25) is 0 Å². The Morgan fingerprint density at radius 2 is 0.857 bits per heavy atom. The molecule has 8 aromatic rings. The van der Waals surface area contributed by atoms with E-state index in [4.69, 9.17) is 9.31 Å². The molecule has 0 spiro atoms. The molecule has 1 aliphatic carbocycles. The van der Waals surface area contributed by atoms with Crippen molar-refractivity contribution < 1.29 is 9.31 Å². The topological polar surface area (TPSA) is 18.5 Å². The predicted molar refractivity (Wildman–Crippen MR) is 207 cm³/mol. The summed E-state index contributed by atoms with van der Waals surface area (Å²) in [5.74, 6) is 0. The SMILES string of the molecule is CC1(C)OB(c2cc3c4cccc5c4c(cc3c3ccccc23)-c2c-5c(-c3ccccc3)c3ccccc3c2-c2ccccc2)OC1(C)C. The Bertz CT molecular complexity index is 2640. The van der Waals surface area contributed by atoms with Crippen molar-refractivity contribution >= 4 is 55.7 Å². The first kappa shape index (κ1) is 28.8. The highest BCUT2D eigenvalue weighted by atomic mass is 16.7.